The highest BCUT2D eigenvalue weighted by Gasteiger charge is 2.14. The van der Waals surface area contributed by atoms with Crippen molar-refractivity contribution in [2.45, 2.75) is 26.1 Å². The maximum absolute atomic E-state index is 9.66. The van der Waals surface area contributed by atoms with E-state index in [1.807, 2.05) is 13.8 Å². The molecule has 0 aromatic rings. The Balaban J connectivity index is 0.00000196. The first-order valence-corrected chi connectivity index (χ1v) is 5.41. The minimum Gasteiger partial charge on any atom is -1.00 e. The van der Waals surface area contributed by atoms with Gasteiger partial charge in [-0.25, -0.2) is 0 Å². The highest BCUT2D eigenvalue weighted by Crippen LogP contribution is 1.97. The Morgan fingerprint density at radius 3 is 2.47 bits per heavy atom. The molecule has 1 atom stereocenters. The fourth-order valence-corrected chi connectivity index (χ4v) is 1.55. The molecule has 1 fully saturated rings. The second-order valence-electron chi connectivity index (χ2n) is 4.09. The maximum Gasteiger partial charge on any atom is 0.0900 e. The summed E-state index contributed by atoms with van der Waals surface area (Å²) in [4.78, 5) is 2.27. The standard InChI is InChI=1S/C10H22N2O2.ClH/c1-9(2)14-8-10(13)7-12-5-3-11-4-6-12;/h9-11,13H,3-8H2,1-2H3;1H/p-1. The lowest BCUT2D eigenvalue weighted by atomic mass is 10.3. The van der Waals surface area contributed by atoms with Gasteiger partial charge in [0, 0.05) is 32.7 Å². The molecule has 1 aliphatic heterocycles. The summed E-state index contributed by atoms with van der Waals surface area (Å²) >= 11 is 0. The molecule has 1 unspecified atom stereocenters. The van der Waals surface area contributed by atoms with Crippen LogP contribution < -0.4 is 17.7 Å². The van der Waals surface area contributed by atoms with Crippen LogP contribution in [0.4, 0.5) is 0 Å². The van der Waals surface area contributed by atoms with Crippen molar-refractivity contribution in [1.82, 2.24) is 10.2 Å². The van der Waals surface area contributed by atoms with Crippen molar-refractivity contribution in [3.63, 3.8) is 0 Å². The third kappa shape index (κ3) is 7.09. The third-order valence-corrected chi connectivity index (χ3v) is 2.30. The van der Waals surface area contributed by atoms with E-state index < -0.39 is 0 Å². The minimum atomic E-state index is -0.351. The zero-order chi connectivity index (χ0) is 10.4. The molecule has 0 aliphatic carbocycles. The second-order valence-corrected chi connectivity index (χ2v) is 4.09. The maximum atomic E-state index is 9.66. The van der Waals surface area contributed by atoms with Crippen molar-refractivity contribution in [3.05, 3.63) is 0 Å². The van der Waals surface area contributed by atoms with Gasteiger partial charge in [-0.2, -0.15) is 0 Å². The van der Waals surface area contributed by atoms with E-state index in [2.05, 4.69) is 10.2 Å². The first-order valence-electron chi connectivity index (χ1n) is 5.41. The lowest BCUT2D eigenvalue weighted by molar-refractivity contribution is -0.00967. The van der Waals surface area contributed by atoms with Crippen molar-refractivity contribution in [2.75, 3.05) is 39.3 Å². The van der Waals surface area contributed by atoms with E-state index in [1.54, 1.807) is 0 Å². The Labute approximate surface area is 98.4 Å². The molecule has 92 valence electrons. The molecule has 15 heavy (non-hydrogen) atoms. The van der Waals surface area contributed by atoms with Crippen molar-refractivity contribution < 1.29 is 22.3 Å². The summed E-state index contributed by atoms with van der Waals surface area (Å²) < 4.78 is 5.35. The molecule has 5 heteroatoms. The second kappa shape index (κ2) is 8.30. The molecule has 0 spiro atoms. The van der Waals surface area contributed by atoms with Gasteiger partial charge in [-0.3, -0.25) is 4.90 Å². The van der Waals surface area contributed by atoms with E-state index >= 15 is 0 Å². The highest BCUT2D eigenvalue weighted by atomic mass is 35.5. The molecule has 0 bridgehead atoms. The smallest absolute Gasteiger partial charge is 0.0900 e. The Morgan fingerprint density at radius 2 is 1.93 bits per heavy atom. The summed E-state index contributed by atoms with van der Waals surface area (Å²) in [6.45, 7) is 9.25. The Morgan fingerprint density at radius 1 is 1.33 bits per heavy atom. The van der Waals surface area contributed by atoms with Crippen LogP contribution in [-0.4, -0.2) is 61.5 Å². The lowest BCUT2D eigenvalue weighted by Crippen LogP contribution is -3.00. The van der Waals surface area contributed by atoms with Crippen LogP contribution in [0.2, 0.25) is 0 Å². The zero-order valence-corrected chi connectivity index (χ0v) is 10.3. The van der Waals surface area contributed by atoms with Crippen LogP contribution in [0.25, 0.3) is 0 Å². The van der Waals surface area contributed by atoms with E-state index in [-0.39, 0.29) is 24.6 Å². The predicted molar refractivity (Wildman–Crippen MR) is 56.4 cm³/mol. The Hall–Kier alpha value is 0.130. The molecule has 0 saturated carbocycles. The number of aliphatic hydroxyl groups excluding tert-OH is 1. The number of β-amino-alcohol motifs (C(OH)–C–C–N with tert-alkyl or cyclic N) is 1. The van der Waals surface area contributed by atoms with Crippen LogP contribution in [0, 0.1) is 0 Å². The quantitative estimate of drug-likeness (QED) is 0.526. The number of aliphatic hydroxyl groups is 1. The van der Waals surface area contributed by atoms with Gasteiger partial charge in [0.25, 0.3) is 0 Å². The normalized spacial score (nSPS) is 20.0. The lowest BCUT2D eigenvalue weighted by Gasteiger charge is -2.29. The average molecular weight is 238 g/mol. The molecule has 2 N–H and O–H groups in total. The number of ether oxygens (including phenoxy) is 1. The number of nitrogens with zero attached hydrogens (tertiary/aromatic N) is 1. The van der Waals surface area contributed by atoms with E-state index in [1.165, 1.54) is 0 Å². The summed E-state index contributed by atoms with van der Waals surface area (Å²) in [5.74, 6) is 0. The summed E-state index contributed by atoms with van der Waals surface area (Å²) in [7, 11) is 0. The molecule has 4 nitrogen and oxygen atoms in total. The highest BCUT2D eigenvalue weighted by molar-refractivity contribution is 4.70. The minimum absolute atomic E-state index is 0. The van der Waals surface area contributed by atoms with Crippen LogP contribution >= 0.6 is 0 Å². The van der Waals surface area contributed by atoms with Crippen molar-refractivity contribution in [3.8, 4) is 0 Å². The topological polar surface area (TPSA) is 44.7 Å². The molecule has 1 rings (SSSR count). The monoisotopic (exact) mass is 237 g/mol. The van der Waals surface area contributed by atoms with E-state index in [0.29, 0.717) is 6.61 Å². The summed E-state index contributed by atoms with van der Waals surface area (Å²) in [5, 5.41) is 12.9. The summed E-state index contributed by atoms with van der Waals surface area (Å²) in [6, 6.07) is 0. The van der Waals surface area contributed by atoms with Crippen LogP contribution in [0.1, 0.15) is 13.8 Å². The van der Waals surface area contributed by atoms with Crippen LogP contribution in [0.3, 0.4) is 0 Å². The Kier molecular flexibility index (Phi) is 8.37. The molecular weight excluding hydrogens is 216 g/mol. The van der Waals surface area contributed by atoms with E-state index in [9.17, 15) is 5.11 Å². The van der Waals surface area contributed by atoms with Crippen LogP contribution in [-0.2, 0) is 4.74 Å². The van der Waals surface area contributed by atoms with Crippen molar-refractivity contribution in [2.24, 2.45) is 0 Å². The van der Waals surface area contributed by atoms with Gasteiger partial charge < -0.3 is 27.6 Å². The molecule has 0 amide bonds. The van der Waals surface area contributed by atoms with Gasteiger partial charge in [-0.1, -0.05) is 0 Å². The van der Waals surface area contributed by atoms with Crippen molar-refractivity contribution >= 4 is 0 Å². The van der Waals surface area contributed by atoms with Gasteiger partial charge in [0.15, 0.2) is 0 Å². The van der Waals surface area contributed by atoms with Gasteiger partial charge in [0.2, 0.25) is 0 Å². The van der Waals surface area contributed by atoms with Gasteiger partial charge >= 0.3 is 0 Å². The summed E-state index contributed by atoms with van der Waals surface area (Å²) in [5.41, 5.74) is 0. The molecule has 0 aromatic heterocycles. The number of piperazine rings is 1. The first-order chi connectivity index (χ1) is 6.68. The number of halogens is 1. The number of nitrogens with one attached hydrogen (secondary N) is 1. The van der Waals surface area contributed by atoms with E-state index in [0.717, 1.165) is 32.7 Å². The fraction of sp³-hybridized carbons (Fsp3) is 1.00. The third-order valence-electron chi connectivity index (χ3n) is 2.30. The molecule has 1 saturated heterocycles. The first kappa shape index (κ1) is 15.1. The molecule has 1 heterocycles. The van der Waals surface area contributed by atoms with Crippen LogP contribution in [0.5, 0.6) is 0 Å². The SMILES string of the molecule is CC(C)OCC(O)CN1CCNCC1.[Cl-]. The van der Waals surface area contributed by atoms with Crippen LogP contribution in [0.15, 0.2) is 0 Å². The largest absolute Gasteiger partial charge is 1.00 e. The van der Waals surface area contributed by atoms with Gasteiger partial charge in [-0.15, -0.1) is 0 Å². The molecule has 0 radical (unpaired) electrons. The fourth-order valence-electron chi connectivity index (χ4n) is 1.55. The number of rotatable bonds is 5. The van der Waals surface area contributed by atoms with Crippen molar-refractivity contribution in [1.29, 1.82) is 0 Å². The van der Waals surface area contributed by atoms with E-state index in [4.69, 9.17) is 4.74 Å². The average Bonchev–Trinajstić information content (AvgIpc) is 2.16. The molecule has 0 aromatic carbocycles. The predicted octanol–water partition coefficient (Wildman–Crippen LogP) is -3.32. The number of hydrogen-bond acceptors (Lipinski definition) is 4. The summed E-state index contributed by atoms with van der Waals surface area (Å²) in [6.07, 6.45) is -0.150. The number of hydrogen-bond donors (Lipinski definition) is 2. The van der Waals surface area contributed by atoms with Gasteiger partial charge in [0.1, 0.15) is 0 Å². The molecular formula is C10H22ClN2O2-. The zero-order valence-electron chi connectivity index (χ0n) is 9.58. The van der Waals surface area contributed by atoms with Gasteiger partial charge in [-0.05, 0) is 13.8 Å². The Bertz CT molecular complexity index is 152. The molecule has 1 aliphatic rings. The van der Waals surface area contributed by atoms with Gasteiger partial charge in [0.05, 0.1) is 18.8 Å².